The van der Waals surface area contributed by atoms with Crippen molar-refractivity contribution in [2.24, 2.45) is 0 Å². The lowest BCUT2D eigenvalue weighted by Gasteiger charge is -2.07. The Bertz CT molecular complexity index is 947. The van der Waals surface area contributed by atoms with Gasteiger partial charge >= 0.3 is 0 Å². The number of para-hydroxylation sites is 1. The van der Waals surface area contributed by atoms with Crippen LogP contribution in [0.2, 0.25) is 0 Å². The first kappa shape index (κ1) is 14.6. The summed E-state index contributed by atoms with van der Waals surface area (Å²) in [4.78, 5) is 26.9. The minimum absolute atomic E-state index is 0.0201. The van der Waals surface area contributed by atoms with E-state index in [1.54, 1.807) is 24.3 Å². The minimum Gasteiger partial charge on any atom is -0.504 e. The van der Waals surface area contributed by atoms with Crippen LogP contribution in [0.1, 0.15) is 15.9 Å². The Kier molecular flexibility index (Phi) is 3.72. The Morgan fingerprint density at radius 1 is 1.04 bits per heavy atom. The van der Waals surface area contributed by atoms with Gasteiger partial charge in [0.15, 0.2) is 11.5 Å². The molecule has 116 valence electrons. The van der Waals surface area contributed by atoms with Crippen LogP contribution in [0.15, 0.2) is 53.3 Å². The average Bonchev–Trinajstić information content (AvgIpc) is 2.55. The lowest BCUT2D eigenvalue weighted by molar-refractivity contribution is 0.0949. The predicted molar refractivity (Wildman–Crippen MR) is 85.5 cm³/mol. The van der Waals surface area contributed by atoms with E-state index in [1.165, 1.54) is 18.2 Å². The number of phenols is 2. The van der Waals surface area contributed by atoms with Crippen LogP contribution in [0, 0.1) is 0 Å². The van der Waals surface area contributed by atoms with E-state index in [9.17, 15) is 19.8 Å². The molecule has 0 aliphatic heterocycles. The zero-order valence-electron chi connectivity index (χ0n) is 12.0. The first-order valence-electron chi connectivity index (χ1n) is 6.96. The van der Waals surface area contributed by atoms with Gasteiger partial charge in [-0.15, -0.1) is 0 Å². The monoisotopic (exact) mass is 310 g/mol. The molecule has 0 fully saturated rings. The Morgan fingerprint density at radius 2 is 1.83 bits per heavy atom. The highest BCUT2D eigenvalue weighted by molar-refractivity contribution is 5.97. The molecule has 4 N–H and O–H groups in total. The lowest BCUT2D eigenvalue weighted by Crippen LogP contribution is -2.29. The summed E-state index contributed by atoms with van der Waals surface area (Å²) in [5.41, 5.74) is 0.824. The van der Waals surface area contributed by atoms with Gasteiger partial charge in [0, 0.05) is 12.1 Å². The molecule has 6 heteroatoms. The molecule has 6 nitrogen and oxygen atoms in total. The number of carbonyl (C=O) groups excluding carboxylic acids is 1. The van der Waals surface area contributed by atoms with Crippen molar-refractivity contribution in [2.45, 2.75) is 6.54 Å². The summed E-state index contributed by atoms with van der Waals surface area (Å²) >= 11 is 0. The Balaban J connectivity index is 1.81. The molecule has 0 saturated heterocycles. The van der Waals surface area contributed by atoms with Crippen LogP contribution < -0.4 is 10.9 Å². The summed E-state index contributed by atoms with van der Waals surface area (Å²) in [6, 6.07) is 13.0. The number of aromatic hydroxyl groups is 2. The van der Waals surface area contributed by atoms with Gasteiger partial charge < -0.3 is 20.5 Å². The molecule has 3 aromatic rings. The summed E-state index contributed by atoms with van der Waals surface area (Å²) in [6.07, 6.45) is 0. The number of nitrogens with one attached hydrogen (secondary N) is 2. The fraction of sp³-hybridized carbons (Fsp3) is 0.0588. The average molecular weight is 310 g/mol. The van der Waals surface area contributed by atoms with Gasteiger partial charge in [-0.05, 0) is 35.2 Å². The van der Waals surface area contributed by atoms with Crippen molar-refractivity contribution in [3.63, 3.8) is 0 Å². The largest absolute Gasteiger partial charge is 0.504 e. The highest BCUT2D eigenvalue weighted by Crippen LogP contribution is 2.24. The molecule has 0 aliphatic rings. The zero-order valence-corrected chi connectivity index (χ0v) is 12.0. The van der Waals surface area contributed by atoms with Gasteiger partial charge in [-0.25, -0.2) is 0 Å². The molecular weight excluding hydrogens is 296 g/mol. The fourth-order valence-corrected chi connectivity index (χ4v) is 2.27. The van der Waals surface area contributed by atoms with Crippen molar-refractivity contribution < 1.29 is 15.0 Å². The van der Waals surface area contributed by atoms with Crippen LogP contribution in [0.4, 0.5) is 0 Å². The standard InChI is InChI=1S/C17H14N2O4/c20-14-6-5-10(7-15(14)21)9-18-16(22)12-8-11-3-1-2-4-13(11)19-17(12)23/h1-8,20-21H,9H2,(H,18,22)(H,19,23). The van der Waals surface area contributed by atoms with Crippen molar-refractivity contribution in [2.75, 3.05) is 0 Å². The van der Waals surface area contributed by atoms with Gasteiger partial charge in [0.1, 0.15) is 5.56 Å². The van der Waals surface area contributed by atoms with Crippen molar-refractivity contribution in [3.05, 3.63) is 70.0 Å². The van der Waals surface area contributed by atoms with Crippen LogP contribution >= 0.6 is 0 Å². The van der Waals surface area contributed by atoms with Gasteiger partial charge in [0.05, 0.1) is 0 Å². The number of phenolic OH excluding ortho intramolecular Hbond substituents is 2. The van der Waals surface area contributed by atoms with Gasteiger partial charge in [-0.3, -0.25) is 9.59 Å². The van der Waals surface area contributed by atoms with Crippen molar-refractivity contribution in [1.29, 1.82) is 0 Å². The Hall–Kier alpha value is -3.28. The van der Waals surface area contributed by atoms with Crippen LogP contribution in [-0.4, -0.2) is 21.1 Å². The van der Waals surface area contributed by atoms with Gasteiger partial charge in [-0.2, -0.15) is 0 Å². The molecule has 3 rings (SSSR count). The number of H-pyrrole nitrogens is 1. The Morgan fingerprint density at radius 3 is 2.61 bits per heavy atom. The van der Waals surface area contributed by atoms with Gasteiger partial charge in [-0.1, -0.05) is 24.3 Å². The summed E-state index contributed by atoms with van der Waals surface area (Å²) in [5.74, 6) is -1.00. The second-order valence-electron chi connectivity index (χ2n) is 5.11. The summed E-state index contributed by atoms with van der Waals surface area (Å²) < 4.78 is 0. The second-order valence-corrected chi connectivity index (χ2v) is 5.11. The lowest BCUT2D eigenvalue weighted by atomic mass is 10.1. The molecule has 0 spiro atoms. The van der Waals surface area contributed by atoms with E-state index in [4.69, 9.17) is 0 Å². The number of benzene rings is 2. The number of aromatic nitrogens is 1. The third kappa shape index (κ3) is 3.01. The molecule has 0 bridgehead atoms. The molecular formula is C17H14N2O4. The smallest absolute Gasteiger partial charge is 0.261 e. The number of hydrogen-bond acceptors (Lipinski definition) is 4. The third-order valence-corrected chi connectivity index (χ3v) is 3.49. The van der Waals surface area contributed by atoms with E-state index >= 15 is 0 Å². The van der Waals surface area contributed by atoms with Crippen molar-refractivity contribution in [3.8, 4) is 11.5 Å². The molecule has 0 radical (unpaired) electrons. The van der Waals surface area contributed by atoms with Gasteiger partial charge in [0.2, 0.25) is 0 Å². The van der Waals surface area contributed by atoms with E-state index in [0.717, 1.165) is 5.39 Å². The van der Waals surface area contributed by atoms with E-state index in [1.807, 2.05) is 6.07 Å². The maximum Gasteiger partial charge on any atom is 0.261 e. The molecule has 0 saturated carbocycles. The highest BCUT2D eigenvalue weighted by Gasteiger charge is 2.12. The summed E-state index contributed by atoms with van der Waals surface area (Å²) in [6.45, 7) is 0.124. The molecule has 1 amide bonds. The highest BCUT2D eigenvalue weighted by atomic mass is 16.3. The van der Waals surface area contributed by atoms with Crippen LogP contribution in [-0.2, 0) is 6.54 Å². The SMILES string of the molecule is O=C(NCc1ccc(O)c(O)c1)c1cc2ccccc2[nH]c1=O. The number of rotatable bonds is 3. The number of amides is 1. The van der Waals surface area contributed by atoms with E-state index in [-0.39, 0.29) is 23.6 Å². The molecule has 0 aliphatic carbocycles. The Labute approximate surface area is 131 Å². The molecule has 1 aromatic heterocycles. The van der Waals surface area contributed by atoms with E-state index in [2.05, 4.69) is 10.3 Å². The quantitative estimate of drug-likeness (QED) is 0.555. The summed E-state index contributed by atoms with van der Waals surface area (Å²) in [5, 5.41) is 22.1. The first-order valence-corrected chi connectivity index (χ1v) is 6.96. The topological polar surface area (TPSA) is 102 Å². The fourth-order valence-electron chi connectivity index (χ4n) is 2.27. The molecule has 0 unspecified atom stereocenters. The summed E-state index contributed by atoms with van der Waals surface area (Å²) in [7, 11) is 0. The van der Waals surface area contributed by atoms with Crippen LogP contribution in [0.25, 0.3) is 10.9 Å². The minimum atomic E-state index is -0.510. The number of fused-ring (bicyclic) bond motifs is 1. The van der Waals surface area contributed by atoms with Gasteiger partial charge in [0.25, 0.3) is 11.5 Å². The van der Waals surface area contributed by atoms with Crippen molar-refractivity contribution in [1.82, 2.24) is 10.3 Å². The number of aromatic amines is 1. The number of pyridine rings is 1. The molecule has 1 heterocycles. The molecule has 2 aromatic carbocycles. The molecule has 0 atom stereocenters. The molecule has 23 heavy (non-hydrogen) atoms. The zero-order chi connectivity index (χ0) is 16.4. The van der Waals surface area contributed by atoms with Crippen molar-refractivity contribution >= 4 is 16.8 Å². The maximum atomic E-state index is 12.2. The van der Waals surface area contributed by atoms with E-state index in [0.29, 0.717) is 11.1 Å². The number of hydrogen-bond donors (Lipinski definition) is 4. The maximum absolute atomic E-state index is 12.2. The van der Waals surface area contributed by atoms with Crippen LogP contribution in [0.5, 0.6) is 11.5 Å². The third-order valence-electron chi connectivity index (χ3n) is 3.49. The normalized spacial score (nSPS) is 10.6. The van der Waals surface area contributed by atoms with E-state index < -0.39 is 11.5 Å². The van der Waals surface area contributed by atoms with Crippen LogP contribution in [0.3, 0.4) is 0 Å². The first-order chi connectivity index (χ1) is 11.0. The predicted octanol–water partition coefficient (Wildman–Crippen LogP) is 1.87. The second kappa shape index (κ2) is 5.84. The number of carbonyl (C=O) groups is 1.